The Balaban J connectivity index is 2.62. The summed E-state index contributed by atoms with van der Waals surface area (Å²) in [5.74, 6) is -0.412. The van der Waals surface area contributed by atoms with Gasteiger partial charge >= 0.3 is 5.97 Å². The van der Waals surface area contributed by atoms with E-state index in [2.05, 4.69) is 19.9 Å². The maximum absolute atomic E-state index is 11.2. The van der Waals surface area contributed by atoms with E-state index in [0.29, 0.717) is 11.5 Å². The normalized spacial score (nSPS) is 12.8. The summed E-state index contributed by atoms with van der Waals surface area (Å²) >= 11 is 0. The molecule has 1 aromatic heterocycles. The van der Waals surface area contributed by atoms with Crippen LogP contribution in [0, 0.1) is 0 Å². The van der Waals surface area contributed by atoms with Crippen LogP contribution in [0.1, 0.15) is 61.2 Å². The summed E-state index contributed by atoms with van der Waals surface area (Å²) in [5.41, 5.74) is 2.74. The fourth-order valence-corrected chi connectivity index (χ4v) is 2.38. The Morgan fingerprint density at radius 1 is 1.37 bits per heavy atom. The van der Waals surface area contributed by atoms with Crippen LogP contribution in [0.25, 0.3) is 11.0 Å². The molecule has 0 aliphatic carbocycles. The minimum Gasteiger partial charge on any atom is -0.475 e. The number of benzene rings is 1. The molecule has 0 saturated heterocycles. The van der Waals surface area contributed by atoms with Gasteiger partial charge in [-0.05, 0) is 36.5 Å². The maximum Gasteiger partial charge on any atom is 0.372 e. The van der Waals surface area contributed by atoms with Crippen molar-refractivity contribution >= 4 is 16.9 Å². The van der Waals surface area contributed by atoms with Crippen LogP contribution in [0.2, 0.25) is 0 Å². The zero-order valence-corrected chi connectivity index (χ0v) is 11.7. The Bertz CT molecular complexity index is 595. The molecule has 0 fully saturated rings. The van der Waals surface area contributed by atoms with Gasteiger partial charge < -0.3 is 9.52 Å². The van der Waals surface area contributed by atoms with Gasteiger partial charge in [0.2, 0.25) is 5.76 Å². The number of carboxylic acid groups (broad SMARTS) is 1. The predicted molar refractivity (Wildman–Crippen MR) is 75.9 cm³/mol. The first kappa shape index (κ1) is 13.7. The number of furan rings is 1. The lowest BCUT2D eigenvalue weighted by Gasteiger charge is -2.08. The van der Waals surface area contributed by atoms with Crippen LogP contribution in [-0.2, 0) is 6.42 Å². The van der Waals surface area contributed by atoms with Crippen molar-refractivity contribution in [3.05, 3.63) is 35.1 Å². The minimum absolute atomic E-state index is 0.0955. The van der Waals surface area contributed by atoms with Gasteiger partial charge in [-0.25, -0.2) is 4.79 Å². The number of carbonyl (C=O) groups is 1. The molecule has 0 bridgehead atoms. The van der Waals surface area contributed by atoms with E-state index >= 15 is 0 Å². The molecule has 1 atom stereocenters. The van der Waals surface area contributed by atoms with Gasteiger partial charge in [0.15, 0.2) is 0 Å². The highest BCUT2D eigenvalue weighted by Gasteiger charge is 2.19. The summed E-state index contributed by atoms with van der Waals surface area (Å²) in [5, 5.41) is 10.2. The third-order valence-electron chi connectivity index (χ3n) is 3.69. The molecular weight excluding hydrogens is 240 g/mol. The number of carboxylic acids is 1. The molecule has 0 radical (unpaired) electrons. The Morgan fingerprint density at radius 2 is 2.11 bits per heavy atom. The van der Waals surface area contributed by atoms with E-state index in [1.807, 2.05) is 19.1 Å². The van der Waals surface area contributed by atoms with E-state index in [4.69, 9.17) is 4.42 Å². The summed E-state index contributed by atoms with van der Waals surface area (Å²) in [6, 6.07) is 6.01. The smallest absolute Gasteiger partial charge is 0.372 e. The summed E-state index contributed by atoms with van der Waals surface area (Å²) in [6.07, 6.45) is 2.71. The Kier molecular flexibility index (Phi) is 3.93. The number of hydrogen-bond acceptors (Lipinski definition) is 2. The monoisotopic (exact) mass is 260 g/mol. The molecule has 1 unspecified atom stereocenters. The summed E-state index contributed by atoms with van der Waals surface area (Å²) in [4.78, 5) is 11.2. The first-order valence-electron chi connectivity index (χ1n) is 6.87. The fraction of sp³-hybridized carbons (Fsp3) is 0.438. The molecule has 1 N–H and O–H groups in total. The van der Waals surface area contributed by atoms with Crippen molar-refractivity contribution in [2.75, 3.05) is 0 Å². The van der Waals surface area contributed by atoms with Gasteiger partial charge in [0.05, 0.1) is 0 Å². The molecule has 0 aliphatic rings. The van der Waals surface area contributed by atoms with Gasteiger partial charge in [0.1, 0.15) is 5.58 Å². The molecule has 19 heavy (non-hydrogen) atoms. The predicted octanol–water partition coefficient (Wildman–Crippen LogP) is 4.60. The van der Waals surface area contributed by atoms with E-state index in [-0.39, 0.29) is 5.76 Å². The summed E-state index contributed by atoms with van der Waals surface area (Å²) < 4.78 is 5.48. The van der Waals surface area contributed by atoms with E-state index in [1.54, 1.807) is 0 Å². The van der Waals surface area contributed by atoms with Crippen LogP contribution >= 0.6 is 0 Å². The van der Waals surface area contributed by atoms with Crippen molar-refractivity contribution in [1.82, 2.24) is 0 Å². The number of aromatic carboxylic acids is 1. The molecule has 2 aromatic rings. The average Bonchev–Trinajstić information content (AvgIpc) is 2.77. The highest BCUT2D eigenvalue weighted by molar-refractivity contribution is 5.95. The van der Waals surface area contributed by atoms with Gasteiger partial charge in [0.25, 0.3) is 0 Å². The van der Waals surface area contributed by atoms with E-state index < -0.39 is 5.97 Å². The second kappa shape index (κ2) is 5.47. The standard InChI is InChI=1S/C16H20O3/c1-4-6-12-13-9-11(10(3)5-2)7-8-14(13)19-15(12)16(17)18/h7-10H,4-6H2,1-3H3,(H,17,18). The molecule has 0 amide bonds. The lowest BCUT2D eigenvalue weighted by Crippen LogP contribution is -1.98. The minimum atomic E-state index is -0.982. The zero-order chi connectivity index (χ0) is 14.0. The maximum atomic E-state index is 11.2. The third kappa shape index (κ3) is 2.50. The largest absolute Gasteiger partial charge is 0.475 e. The van der Waals surface area contributed by atoms with Crippen LogP contribution in [-0.4, -0.2) is 11.1 Å². The third-order valence-corrected chi connectivity index (χ3v) is 3.69. The average molecular weight is 260 g/mol. The van der Waals surface area contributed by atoms with Gasteiger partial charge in [-0.15, -0.1) is 0 Å². The Labute approximate surface area is 113 Å². The molecular formula is C16H20O3. The quantitative estimate of drug-likeness (QED) is 0.854. The number of hydrogen-bond donors (Lipinski definition) is 1. The van der Waals surface area contributed by atoms with Crippen molar-refractivity contribution in [3.8, 4) is 0 Å². The van der Waals surface area contributed by atoms with E-state index in [9.17, 15) is 9.90 Å². The summed E-state index contributed by atoms with van der Waals surface area (Å²) in [7, 11) is 0. The molecule has 0 spiro atoms. The van der Waals surface area contributed by atoms with Gasteiger partial charge in [0, 0.05) is 10.9 Å². The van der Waals surface area contributed by atoms with Crippen molar-refractivity contribution in [1.29, 1.82) is 0 Å². The number of fused-ring (bicyclic) bond motifs is 1. The molecule has 0 saturated carbocycles. The Morgan fingerprint density at radius 3 is 2.68 bits per heavy atom. The van der Waals surface area contributed by atoms with Crippen molar-refractivity contribution < 1.29 is 14.3 Å². The van der Waals surface area contributed by atoms with E-state index in [0.717, 1.165) is 30.2 Å². The Hall–Kier alpha value is -1.77. The van der Waals surface area contributed by atoms with Crippen LogP contribution in [0.15, 0.2) is 22.6 Å². The van der Waals surface area contributed by atoms with Gasteiger partial charge in [-0.3, -0.25) is 0 Å². The van der Waals surface area contributed by atoms with E-state index in [1.165, 1.54) is 5.56 Å². The molecule has 1 heterocycles. The highest BCUT2D eigenvalue weighted by Crippen LogP contribution is 2.31. The SMILES string of the molecule is CCCc1c(C(=O)O)oc2ccc(C(C)CC)cc12. The first-order chi connectivity index (χ1) is 9.08. The lowest BCUT2D eigenvalue weighted by atomic mass is 9.95. The van der Waals surface area contributed by atoms with Gasteiger partial charge in [-0.1, -0.05) is 33.3 Å². The molecule has 3 nitrogen and oxygen atoms in total. The topological polar surface area (TPSA) is 50.4 Å². The first-order valence-corrected chi connectivity index (χ1v) is 6.87. The molecule has 3 heteroatoms. The second-order valence-electron chi connectivity index (χ2n) is 5.03. The molecule has 102 valence electrons. The highest BCUT2D eigenvalue weighted by atomic mass is 16.4. The lowest BCUT2D eigenvalue weighted by molar-refractivity contribution is 0.0663. The van der Waals surface area contributed by atoms with Crippen LogP contribution < -0.4 is 0 Å². The molecule has 1 aromatic carbocycles. The van der Waals surface area contributed by atoms with Gasteiger partial charge in [-0.2, -0.15) is 0 Å². The van der Waals surface area contributed by atoms with Crippen LogP contribution in [0.5, 0.6) is 0 Å². The number of rotatable bonds is 5. The van der Waals surface area contributed by atoms with Crippen molar-refractivity contribution in [2.24, 2.45) is 0 Å². The number of aryl methyl sites for hydroxylation is 1. The fourth-order valence-electron chi connectivity index (χ4n) is 2.38. The van der Waals surface area contributed by atoms with Crippen molar-refractivity contribution in [2.45, 2.75) is 46.0 Å². The second-order valence-corrected chi connectivity index (χ2v) is 5.03. The van der Waals surface area contributed by atoms with Crippen LogP contribution in [0.4, 0.5) is 0 Å². The van der Waals surface area contributed by atoms with Crippen LogP contribution in [0.3, 0.4) is 0 Å². The molecule has 2 rings (SSSR count). The summed E-state index contributed by atoms with van der Waals surface area (Å²) in [6.45, 7) is 6.38. The van der Waals surface area contributed by atoms with Crippen molar-refractivity contribution in [3.63, 3.8) is 0 Å². The molecule has 0 aliphatic heterocycles. The zero-order valence-electron chi connectivity index (χ0n) is 11.7.